The summed E-state index contributed by atoms with van der Waals surface area (Å²) in [6.07, 6.45) is 1.82. The SMILES string of the molecule is CCOC(=O)c1[nH]n(-c2c(Cl)cc(Cl)cc2Cl)c(=O)c1/C=C/C=C1C(=O)OC(C)(CCC(=O)C(C)O)OC1=O. The smallest absolute Gasteiger partial charge is 0.357 e. The van der Waals surface area contributed by atoms with Crippen LogP contribution in [-0.2, 0) is 28.6 Å². The standard InChI is InChI=1S/C25H23Cl3N2O9/c1-4-37-24(36)19-14(21(33)30(29-19)20-16(27)10-13(26)11-17(20)28)6-5-7-15-22(34)38-25(3,39-23(15)35)9-8-18(32)12(2)31/h5-7,10-12,29,31H,4,8-9H2,1-3H3/b6-5+,15-7?. The normalized spacial score (nSPS) is 18.1. The van der Waals surface area contributed by atoms with E-state index < -0.39 is 46.7 Å². The molecule has 1 aliphatic rings. The van der Waals surface area contributed by atoms with Crippen molar-refractivity contribution in [1.29, 1.82) is 0 Å². The number of benzene rings is 1. The van der Waals surface area contributed by atoms with Gasteiger partial charge in [-0.05, 0) is 38.1 Å². The first-order valence-electron chi connectivity index (χ1n) is 11.5. The Labute approximate surface area is 236 Å². The molecule has 208 valence electrons. The van der Waals surface area contributed by atoms with E-state index in [1.807, 2.05) is 0 Å². The molecule has 0 amide bonds. The highest BCUT2D eigenvalue weighted by molar-refractivity contribution is 6.40. The van der Waals surface area contributed by atoms with Gasteiger partial charge in [0.2, 0.25) is 0 Å². The van der Waals surface area contributed by atoms with Gasteiger partial charge in [-0.2, -0.15) is 0 Å². The van der Waals surface area contributed by atoms with Crippen LogP contribution in [0.3, 0.4) is 0 Å². The van der Waals surface area contributed by atoms with Crippen molar-refractivity contribution in [3.05, 3.63) is 66.5 Å². The summed E-state index contributed by atoms with van der Waals surface area (Å²) in [5, 5.41) is 12.2. The Balaban J connectivity index is 1.93. The lowest BCUT2D eigenvalue weighted by molar-refractivity contribution is -0.231. The Morgan fingerprint density at radius 1 is 1.15 bits per heavy atom. The fraction of sp³-hybridized carbons (Fsp3) is 0.320. The minimum Gasteiger partial charge on any atom is -0.461 e. The lowest BCUT2D eigenvalue weighted by atomic mass is 10.0. The van der Waals surface area contributed by atoms with E-state index in [4.69, 9.17) is 49.0 Å². The Hall–Kier alpha value is -3.38. The molecule has 3 rings (SSSR count). The Morgan fingerprint density at radius 3 is 2.28 bits per heavy atom. The van der Waals surface area contributed by atoms with E-state index in [1.165, 1.54) is 38.1 Å². The van der Waals surface area contributed by atoms with Gasteiger partial charge in [-0.15, -0.1) is 0 Å². The van der Waals surface area contributed by atoms with Gasteiger partial charge in [-0.3, -0.25) is 14.7 Å². The van der Waals surface area contributed by atoms with Crippen LogP contribution in [0.25, 0.3) is 11.8 Å². The van der Waals surface area contributed by atoms with Crippen LogP contribution in [0.15, 0.2) is 34.7 Å². The van der Waals surface area contributed by atoms with Crippen molar-refractivity contribution in [2.45, 2.75) is 45.5 Å². The second-order valence-corrected chi connectivity index (χ2v) is 9.72. The average molecular weight is 602 g/mol. The van der Waals surface area contributed by atoms with Crippen LogP contribution in [0.2, 0.25) is 15.1 Å². The number of nitrogens with one attached hydrogen (secondary N) is 1. The molecular weight excluding hydrogens is 579 g/mol. The van der Waals surface area contributed by atoms with E-state index in [0.29, 0.717) is 0 Å². The predicted molar refractivity (Wildman–Crippen MR) is 141 cm³/mol. The van der Waals surface area contributed by atoms with Crippen molar-refractivity contribution in [3.63, 3.8) is 0 Å². The Morgan fingerprint density at radius 2 is 1.74 bits per heavy atom. The first kappa shape index (κ1) is 30.2. The molecule has 1 aromatic carbocycles. The van der Waals surface area contributed by atoms with Gasteiger partial charge < -0.3 is 19.3 Å². The van der Waals surface area contributed by atoms with Gasteiger partial charge in [0.05, 0.1) is 22.2 Å². The van der Waals surface area contributed by atoms with Crippen LogP contribution in [0.4, 0.5) is 0 Å². The van der Waals surface area contributed by atoms with Crippen molar-refractivity contribution < 1.29 is 38.5 Å². The molecule has 0 spiro atoms. The summed E-state index contributed by atoms with van der Waals surface area (Å²) in [4.78, 5) is 62.5. The molecule has 39 heavy (non-hydrogen) atoms. The number of aliphatic hydroxyl groups is 1. The number of carbonyl (C=O) groups is 4. The van der Waals surface area contributed by atoms with Gasteiger partial charge in [0.25, 0.3) is 11.3 Å². The quantitative estimate of drug-likeness (QED) is 0.248. The van der Waals surface area contributed by atoms with E-state index in [1.54, 1.807) is 6.92 Å². The molecule has 1 atom stereocenters. The van der Waals surface area contributed by atoms with Gasteiger partial charge in [-0.25, -0.2) is 19.1 Å². The van der Waals surface area contributed by atoms with Crippen LogP contribution >= 0.6 is 34.8 Å². The van der Waals surface area contributed by atoms with E-state index in [-0.39, 0.29) is 51.5 Å². The molecule has 1 saturated heterocycles. The summed E-state index contributed by atoms with van der Waals surface area (Å²) in [5.41, 5.74) is -1.65. The van der Waals surface area contributed by atoms with Crippen LogP contribution in [-0.4, -0.2) is 57.1 Å². The summed E-state index contributed by atoms with van der Waals surface area (Å²) in [6, 6.07) is 2.71. The number of H-pyrrole nitrogens is 1. The van der Waals surface area contributed by atoms with E-state index >= 15 is 0 Å². The number of rotatable bonds is 9. The van der Waals surface area contributed by atoms with Crippen molar-refractivity contribution in [3.8, 4) is 5.69 Å². The van der Waals surface area contributed by atoms with Crippen molar-refractivity contribution in [1.82, 2.24) is 9.78 Å². The first-order chi connectivity index (χ1) is 18.3. The zero-order chi connectivity index (χ0) is 29.1. The third-order valence-corrected chi connectivity index (χ3v) is 6.28. The largest absolute Gasteiger partial charge is 0.461 e. The molecule has 0 bridgehead atoms. The zero-order valence-corrected chi connectivity index (χ0v) is 23.1. The minimum atomic E-state index is -1.71. The molecule has 14 heteroatoms. The molecule has 2 N–H and O–H groups in total. The molecule has 0 aliphatic carbocycles. The highest BCUT2D eigenvalue weighted by Gasteiger charge is 2.42. The number of nitrogens with zero attached hydrogens (tertiary/aromatic N) is 1. The van der Waals surface area contributed by atoms with E-state index in [0.717, 1.165) is 10.8 Å². The average Bonchev–Trinajstić information content (AvgIpc) is 3.14. The number of halogens is 3. The van der Waals surface area contributed by atoms with Crippen molar-refractivity contribution in [2.24, 2.45) is 0 Å². The highest BCUT2D eigenvalue weighted by Crippen LogP contribution is 2.32. The maximum Gasteiger partial charge on any atom is 0.357 e. The van der Waals surface area contributed by atoms with Gasteiger partial charge >= 0.3 is 17.9 Å². The third-order valence-electron chi connectivity index (χ3n) is 5.49. The summed E-state index contributed by atoms with van der Waals surface area (Å²) < 4.78 is 16.3. The molecule has 2 aromatic rings. The summed E-state index contributed by atoms with van der Waals surface area (Å²) in [6.45, 7) is 4.20. The number of ether oxygens (including phenoxy) is 3. The molecule has 1 aromatic heterocycles. The van der Waals surface area contributed by atoms with Crippen LogP contribution in [0.1, 0.15) is 49.7 Å². The van der Waals surface area contributed by atoms with Crippen LogP contribution < -0.4 is 5.56 Å². The number of aromatic nitrogens is 2. The molecule has 2 heterocycles. The number of allylic oxidation sites excluding steroid dienone is 2. The molecule has 11 nitrogen and oxygen atoms in total. The Bertz CT molecular complexity index is 1410. The number of hydrogen-bond donors (Lipinski definition) is 2. The molecule has 0 saturated carbocycles. The number of hydrogen-bond acceptors (Lipinski definition) is 9. The van der Waals surface area contributed by atoms with Gasteiger partial charge in [0.1, 0.15) is 17.4 Å². The monoisotopic (exact) mass is 600 g/mol. The topological polar surface area (TPSA) is 154 Å². The molecule has 1 unspecified atom stereocenters. The minimum absolute atomic E-state index is 0.0149. The fourth-order valence-electron chi connectivity index (χ4n) is 3.51. The number of aliphatic hydroxyl groups excluding tert-OH is 1. The Kier molecular flexibility index (Phi) is 9.44. The zero-order valence-electron chi connectivity index (χ0n) is 20.9. The molecule has 1 fully saturated rings. The molecule has 0 radical (unpaired) electrons. The lowest BCUT2D eigenvalue weighted by Crippen LogP contribution is -2.44. The number of cyclic esters (lactones) is 2. The summed E-state index contributed by atoms with van der Waals surface area (Å²) >= 11 is 18.4. The first-order valence-corrected chi connectivity index (χ1v) is 12.6. The molecule has 1 aliphatic heterocycles. The van der Waals surface area contributed by atoms with Crippen LogP contribution in [0.5, 0.6) is 0 Å². The fourth-order valence-corrected chi connectivity index (χ4v) is 4.50. The molecular formula is C25H23Cl3N2O9. The van der Waals surface area contributed by atoms with Crippen molar-refractivity contribution >= 4 is 64.6 Å². The van der Waals surface area contributed by atoms with E-state index in [2.05, 4.69) is 5.10 Å². The summed E-state index contributed by atoms with van der Waals surface area (Å²) in [7, 11) is 0. The number of ketones is 1. The second kappa shape index (κ2) is 12.2. The van der Waals surface area contributed by atoms with Crippen molar-refractivity contribution in [2.75, 3.05) is 6.61 Å². The number of Topliss-reactive ketones (excluding diaryl/α,β-unsaturated/α-hetero) is 1. The maximum absolute atomic E-state index is 13.2. The van der Waals surface area contributed by atoms with E-state index in [9.17, 15) is 29.1 Å². The highest BCUT2D eigenvalue weighted by atomic mass is 35.5. The lowest BCUT2D eigenvalue weighted by Gasteiger charge is -2.33. The summed E-state index contributed by atoms with van der Waals surface area (Å²) in [5.74, 6) is -5.13. The van der Waals surface area contributed by atoms with Crippen LogP contribution in [0, 0.1) is 0 Å². The predicted octanol–water partition coefficient (Wildman–Crippen LogP) is 3.79. The second-order valence-electron chi connectivity index (χ2n) is 8.47. The van der Waals surface area contributed by atoms with Gasteiger partial charge in [0, 0.05) is 24.8 Å². The van der Waals surface area contributed by atoms with Gasteiger partial charge in [-0.1, -0.05) is 40.9 Å². The number of esters is 3. The number of carbonyl (C=O) groups excluding carboxylic acids is 4. The number of aromatic amines is 1. The maximum atomic E-state index is 13.2. The third kappa shape index (κ3) is 6.80. The van der Waals surface area contributed by atoms with Gasteiger partial charge in [0.15, 0.2) is 11.5 Å².